The number of nitrogens with zero attached hydrogens (tertiary/aromatic N) is 4. The molecule has 0 aliphatic carbocycles. The quantitative estimate of drug-likeness (QED) is 0.746. The van der Waals surface area contributed by atoms with Crippen molar-refractivity contribution < 1.29 is 0 Å². The Kier molecular flexibility index (Phi) is 4.06. The summed E-state index contributed by atoms with van der Waals surface area (Å²) in [6.07, 6.45) is 3.63. The summed E-state index contributed by atoms with van der Waals surface area (Å²) < 4.78 is 2.65. The monoisotopic (exact) mass is 358 g/mol. The second kappa shape index (κ2) is 6.15. The van der Waals surface area contributed by atoms with Crippen LogP contribution in [0.4, 0.5) is 17.5 Å². The van der Waals surface area contributed by atoms with Crippen molar-refractivity contribution in [2.75, 3.05) is 17.7 Å². The third-order valence-electron chi connectivity index (χ3n) is 3.15. The molecule has 2 heterocycles. The molecule has 0 radical (unpaired) electrons. The number of hydrogen-bond donors (Lipinski definition) is 2. The van der Waals surface area contributed by atoms with Crippen LogP contribution in [-0.2, 0) is 0 Å². The van der Waals surface area contributed by atoms with Gasteiger partial charge in [-0.1, -0.05) is 18.2 Å². The summed E-state index contributed by atoms with van der Waals surface area (Å²) in [5.41, 5.74) is 2.75. The molecule has 0 aliphatic rings. The van der Waals surface area contributed by atoms with E-state index in [0.29, 0.717) is 5.95 Å². The van der Waals surface area contributed by atoms with E-state index in [4.69, 9.17) is 0 Å². The fourth-order valence-electron chi connectivity index (χ4n) is 2.02. The summed E-state index contributed by atoms with van der Waals surface area (Å²) in [6, 6.07) is 9.96. The van der Waals surface area contributed by atoms with E-state index in [-0.39, 0.29) is 0 Å². The summed E-state index contributed by atoms with van der Waals surface area (Å²) in [7, 11) is 1.82. The smallest absolute Gasteiger partial charge is 0.229 e. The second-order valence-corrected chi connectivity index (χ2v) is 5.53. The van der Waals surface area contributed by atoms with E-state index in [9.17, 15) is 0 Å². The first-order valence-electron chi connectivity index (χ1n) is 6.76. The Morgan fingerprint density at radius 2 is 1.95 bits per heavy atom. The van der Waals surface area contributed by atoms with Crippen molar-refractivity contribution >= 4 is 33.4 Å². The molecule has 112 valence electrons. The Bertz CT molecular complexity index is 784. The van der Waals surface area contributed by atoms with E-state index in [1.807, 2.05) is 55.2 Å². The number of hydrogen-bond acceptors (Lipinski definition) is 5. The molecule has 0 saturated carbocycles. The molecule has 0 spiro atoms. The molecular formula is C15H15BrN6. The SMILES string of the molecule is CNc1nc(Nc2cn(-c3ccccc3)nc2C)ncc1Br. The van der Waals surface area contributed by atoms with Gasteiger partial charge in [0.25, 0.3) is 0 Å². The van der Waals surface area contributed by atoms with Gasteiger partial charge in [-0.05, 0) is 35.0 Å². The maximum atomic E-state index is 4.51. The maximum absolute atomic E-state index is 4.51. The summed E-state index contributed by atoms with van der Waals surface area (Å²) >= 11 is 3.39. The molecule has 0 bridgehead atoms. The zero-order chi connectivity index (χ0) is 15.5. The molecule has 0 saturated heterocycles. The number of halogens is 1. The summed E-state index contributed by atoms with van der Waals surface area (Å²) in [4.78, 5) is 8.65. The van der Waals surface area contributed by atoms with Crippen molar-refractivity contribution in [3.63, 3.8) is 0 Å². The van der Waals surface area contributed by atoms with Gasteiger partial charge >= 0.3 is 0 Å². The van der Waals surface area contributed by atoms with E-state index in [0.717, 1.165) is 27.4 Å². The van der Waals surface area contributed by atoms with E-state index in [1.54, 1.807) is 6.20 Å². The van der Waals surface area contributed by atoms with Crippen molar-refractivity contribution in [3.8, 4) is 5.69 Å². The van der Waals surface area contributed by atoms with Gasteiger partial charge in [0.05, 0.1) is 27.7 Å². The molecule has 7 heteroatoms. The highest BCUT2D eigenvalue weighted by Crippen LogP contribution is 2.23. The third kappa shape index (κ3) is 2.94. The fraction of sp³-hybridized carbons (Fsp3) is 0.133. The molecule has 3 rings (SSSR count). The predicted molar refractivity (Wildman–Crippen MR) is 90.9 cm³/mol. The average molecular weight is 359 g/mol. The van der Waals surface area contributed by atoms with Gasteiger partial charge in [0.1, 0.15) is 5.82 Å². The Morgan fingerprint density at radius 1 is 1.18 bits per heavy atom. The third-order valence-corrected chi connectivity index (χ3v) is 3.73. The minimum absolute atomic E-state index is 0.517. The van der Waals surface area contributed by atoms with Crippen LogP contribution >= 0.6 is 15.9 Å². The van der Waals surface area contributed by atoms with Gasteiger partial charge in [-0.25, -0.2) is 9.67 Å². The van der Waals surface area contributed by atoms with Crippen LogP contribution in [0.1, 0.15) is 5.69 Å². The lowest BCUT2D eigenvalue weighted by atomic mass is 10.3. The maximum Gasteiger partial charge on any atom is 0.229 e. The van der Waals surface area contributed by atoms with Crippen molar-refractivity contribution in [1.82, 2.24) is 19.7 Å². The molecular weight excluding hydrogens is 344 g/mol. The molecule has 0 amide bonds. The first kappa shape index (κ1) is 14.5. The van der Waals surface area contributed by atoms with Crippen LogP contribution in [0.15, 0.2) is 47.2 Å². The first-order chi connectivity index (χ1) is 10.7. The molecule has 2 aromatic heterocycles. The molecule has 1 aromatic carbocycles. The normalized spacial score (nSPS) is 10.5. The largest absolute Gasteiger partial charge is 0.372 e. The van der Waals surface area contributed by atoms with Gasteiger partial charge in [-0.2, -0.15) is 10.1 Å². The lowest BCUT2D eigenvalue weighted by Crippen LogP contribution is -2.01. The van der Waals surface area contributed by atoms with Gasteiger partial charge in [-0.15, -0.1) is 0 Å². The highest BCUT2D eigenvalue weighted by atomic mass is 79.9. The summed E-state index contributed by atoms with van der Waals surface area (Å²) in [6.45, 7) is 1.94. The molecule has 3 aromatic rings. The zero-order valence-electron chi connectivity index (χ0n) is 12.2. The van der Waals surface area contributed by atoms with E-state index in [2.05, 4.69) is 41.6 Å². The molecule has 0 unspecified atom stereocenters. The highest BCUT2D eigenvalue weighted by Gasteiger charge is 2.09. The van der Waals surface area contributed by atoms with E-state index >= 15 is 0 Å². The van der Waals surface area contributed by atoms with Crippen molar-refractivity contribution in [2.45, 2.75) is 6.92 Å². The van der Waals surface area contributed by atoms with Crippen LogP contribution in [0.2, 0.25) is 0 Å². The van der Waals surface area contributed by atoms with Crippen LogP contribution in [0.25, 0.3) is 5.69 Å². The van der Waals surface area contributed by atoms with Crippen LogP contribution in [0, 0.1) is 6.92 Å². The van der Waals surface area contributed by atoms with Gasteiger partial charge in [0.15, 0.2) is 0 Å². The Morgan fingerprint density at radius 3 is 2.68 bits per heavy atom. The van der Waals surface area contributed by atoms with E-state index in [1.165, 1.54) is 0 Å². The molecule has 0 atom stereocenters. The lowest BCUT2D eigenvalue weighted by molar-refractivity contribution is 0.863. The highest BCUT2D eigenvalue weighted by molar-refractivity contribution is 9.10. The summed E-state index contributed by atoms with van der Waals surface area (Å²) in [5, 5.41) is 10.7. The first-order valence-corrected chi connectivity index (χ1v) is 7.55. The van der Waals surface area contributed by atoms with Crippen molar-refractivity contribution in [1.29, 1.82) is 0 Å². The minimum Gasteiger partial charge on any atom is -0.372 e. The van der Waals surface area contributed by atoms with Gasteiger partial charge in [-0.3, -0.25) is 0 Å². The molecule has 0 aliphatic heterocycles. The Labute approximate surface area is 136 Å². The average Bonchev–Trinajstić information content (AvgIpc) is 2.91. The Balaban J connectivity index is 1.89. The lowest BCUT2D eigenvalue weighted by Gasteiger charge is -2.06. The topological polar surface area (TPSA) is 67.7 Å². The molecule has 2 N–H and O–H groups in total. The molecule has 22 heavy (non-hydrogen) atoms. The van der Waals surface area contributed by atoms with Crippen LogP contribution in [-0.4, -0.2) is 26.8 Å². The van der Waals surface area contributed by atoms with Crippen molar-refractivity contribution in [2.24, 2.45) is 0 Å². The van der Waals surface area contributed by atoms with Crippen molar-refractivity contribution in [3.05, 3.63) is 52.9 Å². The summed E-state index contributed by atoms with van der Waals surface area (Å²) in [5.74, 6) is 1.24. The van der Waals surface area contributed by atoms with Gasteiger partial charge in [0.2, 0.25) is 5.95 Å². The van der Waals surface area contributed by atoms with Crippen LogP contribution in [0.3, 0.4) is 0 Å². The van der Waals surface area contributed by atoms with Gasteiger partial charge in [0, 0.05) is 13.2 Å². The van der Waals surface area contributed by atoms with Crippen LogP contribution < -0.4 is 10.6 Å². The van der Waals surface area contributed by atoms with Crippen LogP contribution in [0.5, 0.6) is 0 Å². The number of aryl methyl sites for hydroxylation is 1. The number of aromatic nitrogens is 4. The van der Waals surface area contributed by atoms with Gasteiger partial charge < -0.3 is 10.6 Å². The second-order valence-electron chi connectivity index (χ2n) is 4.67. The zero-order valence-corrected chi connectivity index (χ0v) is 13.8. The molecule has 0 fully saturated rings. The standard InChI is InChI=1S/C15H15BrN6/c1-10-13(9-22(21-10)11-6-4-3-5-7-11)19-15-18-8-12(16)14(17-2)20-15/h3-9H,1-2H3,(H2,17,18,19,20). The number of benzene rings is 1. The number of rotatable bonds is 4. The number of nitrogens with one attached hydrogen (secondary N) is 2. The molecule has 6 nitrogen and oxygen atoms in total. The minimum atomic E-state index is 0.517. The number of anilines is 3. The van der Waals surface area contributed by atoms with E-state index < -0.39 is 0 Å². The number of para-hydroxylation sites is 1. The Hall–Kier alpha value is -2.41. The fourth-order valence-corrected chi connectivity index (χ4v) is 2.41. The predicted octanol–water partition coefficient (Wildman–Crippen LogP) is 3.52.